The lowest BCUT2D eigenvalue weighted by Gasteiger charge is -2.12. The van der Waals surface area contributed by atoms with Gasteiger partial charge in [-0.05, 0) is 31.0 Å². The molecule has 0 aliphatic carbocycles. The summed E-state index contributed by atoms with van der Waals surface area (Å²) in [6.07, 6.45) is -2.45. The van der Waals surface area contributed by atoms with Crippen molar-refractivity contribution in [1.82, 2.24) is 0 Å². The summed E-state index contributed by atoms with van der Waals surface area (Å²) in [6, 6.07) is 3.66. The molecule has 0 bridgehead atoms. The Morgan fingerprint density at radius 1 is 1.32 bits per heavy atom. The molecule has 3 nitrogen and oxygen atoms in total. The Hall–Kier alpha value is -1.49. The standard InChI is InChI=1S/C14H18F2O3/c1-9-6-10(2)14(12(7-9)18-3)11(17)4-5-19-8-13(15)16/h6-7,13H,4-5,8H2,1-3H3. The number of alkyl halides is 2. The molecule has 0 amide bonds. The van der Waals surface area contributed by atoms with Crippen LogP contribution in [0.1, 0.15) is 27.9 Å². The normalized spacial score (nSPS) is 10.8. The summed E-state index contributed by atoms with van der Waals surface area (Å²) >= 11 is 0. The average molecular weight is 272 g/mol. The predicted octanol–water partition coefficient (Wildman–Crippen LogP) is 3.17. The number of aryl methyl sites for hydroxylation is 2. The third-order valence-electron chi connectivity index (χ3n) is 2.66. The molecule has 1 aromatic carbocycles. The SMILES string of the molecule is COc1cc(C)cc(C)c1C(=O)CCOCC(F)F. The zero-order valence-corrected chi connectivity index (χ0v) is 11.3. The molecule has 0 radical (unpaired) electrons. The van der Waals surface area contributed by atoms with E-state index in [-0.39, 0.29) is 18.8 Å². The lowest BCUT2D eigenvalue weighted by atomic mass is 9.99. The molecule has 0 aliphatic rings. The maximum Gasteiger partial charge on any atom is 0.261 e. The molecule has 1 rings (SSSR count). The Morgan fingerprint density at radius 2 is 2.00 bits per heavy atom. The molecule has 0 heterocycles. The van der Waals surface area contributed by atoms with E-state index in [2.05, 4.69) is 0 Å². The molecule has 0 spiro atoms. The van der Waals surface area contributed by atoms with E-state index in [1.165, 1.54) is 7.11 Å². The molecule has 5 heteroatoms. The Morgan fingerprint density at radius 3 is 2.58 bits per heavy atom. The number of ketones is 1. The van der Waals surface area contributed by atoms with E-state index in [1.54, 1.807) is 6.07 Å². The van der Waals surface area contributed by atoms with Crippen LogP contribution in [-0.4, -0.2) is 32.5 Å². The van der Waals surface area contributed by atoms with Crippen LogP contribution in [0.2, 0.25) is 0 Å². The van der Waals surface area contributed by atoms with Crippen LogP contribution in [0, 0.1) is 13.8 Å². The first kappa shape index (κ1) is 15.6. The zero-order chi connectivity index (χ0) is 14.4. The summed E-state index contributed by atoms with van der Waals surface area (Å²) in [7, 11) is 1.50. The van der Waals surface area contributed by atoms with Crippen LogP contribution in [0.25, 0.3) is 0 Å². The second kappa shape index (κ2) is 7.19. The van der Waals surface area contributed by atoms with Gasteiger partial charge in [0, 0.05) is 6.42 Å². The van der Waals surface area contributed by atoms with Gasteiger partial charge >= 0.3 is 0 Å². The fourth-order valence-electron chi connectivity index (χ4n) is 1.91. The third-order valence-corrected chi connectivity index (χ3v) is 2.66. The number of ether oxygens (including phenoxy) is 2. The quantitative estimate of drug-likeness (QED) is 0.565. The number of rotatable bonds is 7. The van der Waals surface area contributed by atoms with E-state index in [1.807, 2.05) is 19.9 Å². The molecule has 1 aromatic rings. The Bertz CT molecular complexity index is 445. The average Bonchev–Trinajstić information content (AvgIpc) is 2.33. The van der Waals surface area contributed by atoms with E-state index < -0.39 is 13.0 Å². The third kappa shape index (κ3) is 4.59. The summed E-state index contributed by atoms with van der Waals surface area (Å²) in [6.45, 7) is 3.08. The first-order valence-corrected chi connectivity index (χ1v) is 6.00. The highest BCUT2D eigenvalue weighted by Gasteiger charge is 2.16. The van der Waals surface area contributed by atoms with Gasteiger partial charge in [-0.3, -0.25) is 4.79 Å². The van der Waals surface area contributed by atoms with E-state index in [4.69, 9.17) is 9.47 Å². The van der Waals surface area contributed by atoms with Crippen LogP contribution in [0.4, 0.5) is 8.78 Å². The molecular formula is C14H18F2O3. The second-order valence-corrected chi connectivity index (χ2v) is 4.30. The topological polar surface area (TPSA) is 35.5 Å². The monoisotopic (exact) mass is 272 g/mol. The minimum absolute atomic E-state index is 0.0142. The van der Waals surface area contributed by atoms with Crippen molar-refractivity contribution >= 4 is 5.78 Å². The number of carbonyl (C=O) groups is 1. The van der Waals surface area contributed by atoms with Crippen LogP contribution in [0.5, 0.6) is 5.75 Å². The van der Waals surface area contributed by atoms with Crippen molar-refractivity contribution in [2.24, 2.45) is 0 Å². The number of benzene rings is 1. The van der Waals surface area contributed by atoms with Gasteiger partial charge in [-0.25, -0.2) is 8.78 Å². The van der Waals surface area contributed by atoms with Gasteiger partial charge in [0.15, 0.2) is 5.78 Å². The molecular weight excluding hydrogens is 254 g/mol. The first-order chi connectivity index (χ1) is 8.95. The molecule has 0 atom stereocenters. The van der Waals surface area contributed by atoms with Crippen LogP contribution >= 0.6 is 0 Å². The second-order valence-electron chi connectivity index (χ2n) is 4.30. The predicted molar refractivity (Wildman–Crippen MR) is 68.2 cm³/mol. The van der Waals surface area contributed by atoms with Crippen LogP contribution in [0.3, 0.4) is 0 Å². The van der Waals surface area contributed by atoms with E-state index in [9.17, 15) is 13.6 Å². The zero-order valence-electron chi connectivity index (χ0n) is 11.3. The van der Waals surface area contributed by atoms with Crippen molar-refractivity contribution < 1.29 is 23.0 Å². The first-order valence-electron chi connectivity index (χ1n) is 6.00. The van der Waals surface area contributed by atoms with Crippen molar-refractivity contribution in [3.63, 3.8) is 0 Å². The summed E-state index contributed by atoms with van der Waals surface area (Å²) < 4.78 is 33.7. The molecule has 0 N–H and O–H groups in total. The van der Waals surface area contributed by atoms with Gasteiger partial charge in [-0.1, -0.05) is 6.07 Å². The van der Waals surface area contributed by atoms with Gasteiger partial charge in [0.1, 0.15) is 12.4 Å². The molecule has 0 saturated heterocycles. The van der Waals surface area contributed by atoms with Gasteiger partial charge in [0.05, 0.1) is 19.3 Å². The van der Waals surface area contributed by atoms with Gasteiger partial charge in [-0.2, -0.15) is 0 Å². The van der Waals surface area contributed by atoms with Gasteiger partial charge < -0.3 is 9.47 Å². The number of Topliss-reactive ketones (excluding diaryl/α,β-unsaturated/α-hetero) is 1. The fraction of sp³-hybridized carbons (Fsp3) is 0.500. The van der Waals surface area contributed by atoms with Gasteiger partial charge in [0.2, 0.25) is 0 Å². The minimum atomic E-state index is -2.51. The van der Waals surface area contributed by atoms with Gasteiger partial charge in [-0.15, -0.1) is 0 Å². The van der Waals surface area contributed by atoms with Crippen molar-refractivity contribution in [2.45, 2.75) is 26.7 Å². The Balaban J connectivity index is 2.71. The molecule has 0 fully saturated rings. The number of carbonyl (C=O) groups excluding carboxylic acids is 1. The molecule has 0 aliphatic heterocycles. The Kier molecular flexibility index (Phi) is 5.89. The largest absolute Gasteiger partial charge is 0.496 e. The number of halogens is 2. The van der Waals surface area contributed by atoms with Crippen molar-refractivity contribution in [3.8, 4) is 5.75 Å². The lowest BCUT2D eigenvalue weighted by molar-refractivity contribution is 0.0169. The number of hydrogen-bond acceptors (Lipinski definition) is 3. The van der Waals surface area contributed by atoms with Crippen LogP contribution < -0.4 is 4.74 Å². The summed E-state index contributed by atoms with van der Waals surface area (Å²) in [5, 5.41) is 0. The van der Waals surface area contributed by atoms with Crippen molar-refractivity contribution in [1.29, 1.82) is 0 Å². The van der Waals surface area contributed by atoms with E-state index in [0.717, 1.165) is 11.1 Å². The van der Waals surface area contributed by atoms with Gasteiger partial charge in [0.25, 0.3) is 6.43 Å². The maximum atomic E-state index is 12.1. The molecule has 0 unspecified atom stereocenters. The lowest BCUT2D eigenvalue weighted by Crippen LogP contribution is -2.11. The highest BCUT2D eigenvalue weighted by molar-refractivity contribution is 6.00. The molecule has 106 valence electrons. The maximum absolute atomic E-state index is 12.1. The van der Waals surface area contributed by atoms with Crippen molar-refractivity contribution in [3.05, 3.63) is 28.8 Å². The summed E-state index contributed by atoms with van der Waals surface area (Å²) in [4.78, 5) is 12.1. The van der Waals surface area contributed by atoms with E-state index >= 15 is 0 Å². The van der Waals surface area contributed by atoms with Crippen molar-refractivity contribution in [2.75, 3.05) is 20.3 Å². The smallest absolute Gasteiger partial charge is 0.261 e. The number of hydrogen-bond donors (Lipinski definition) is 0. The van der Waals surface area contributed by atoms with E-state index in [0.29, 0.717) is 11.3 Å². The number of methoxy groups -OCH3 is 1. The minimum Gasteiger partial charge on any atom is -0.496 e. The highest BCUT2D eigenvalue weighted by atomic mass is 19.3. The molecule has 0 aromatic heterocycles. The fourth-order valence-corrected chi connectivity index (χ4v) is 1.91. The molecule has 19 heavy (non-hydrogen) atoms. The summed E-state index contributed by atoms with van der Waals surface area (Å²) in [5.41, 5.74) is 2.31. The van der Waals surface area contributed by atoms with Crippen LogP contribution in [-0.2, 0) is 4.74 Å². The summed E-state index contributed by atoms with van der Waals surface area (Å²) in [5.74, 6) is 0.347. The van der Waals surface area contributed by atoms with Crippen LogP contribution in [0.15, 0.2) is 12.1 Å². The highest BCUT2D eigenvalue weighted by Crippen LogP contribution is 2.25. The molecule has 0 saturated carbocycles. The Labute approximate surface area is 111 Å².